The first-order valence-corrected chi connectivity index (χ1v) is 8.38. The van der Waals surface area contributed by atoms with E-state index in [1.54, 1.807) is 29.7 Å². The van der Waals surface area contributed by atoms with E-state index in [9.17, 15) is 4.79 Å². The summed E-state index contributed by atoms with van der Waals surface area (Å²) in [5, 5.41) is 3.23. The summed E-state index contributed by atoms with van der Waals surface area (Å²) in [6.07, 6.45) is 3.62. The van der Waals surface area contributed by atoms with Crippen LogP contribution in [-0.4, -0.2) is 11.0 Å². The van der Waals surface area contributed by atoms with Crippen molar-refractivity contribution >= 4 is 27.4 Å². The highest BCUT2D eigenvalue weighted by Gasteiger charge is 2.11. The number of rotatable bonds is 3. The van der Waals surface area contributed by atoms with E-state index in [4.69, 9.17) is 4.74 Å². The van der Waals surface area contributed by atoms with Crippen molar-refractivity contribution in [1.82, 2.24) is 4.98 Å². The second kappa shape index (κ2) is 6.26. The lowest BCUT2D eigenvalue weighted by atomic mass is 10.1. The molecule has 0 saturated heterocycles. The molecule has 2 aromatic carbocycles. The van der Waals surface area contributed by atoms with Gasteiger partial charge >= 0.3 is 5.97 Å². The lowest BCUT2D eigenvalue weighted by Gasteiger charge is -2.05. The minimum atomic E-state index is -0.348. The maximum Gasteiger partial charge on any atom is 0.343 e. The predicted molar refractivity (Wildman–Crippen MR) is 96.5 cm³/mol. The van der Waals surface area contributed by atoms with Crippen molar-refractivity contribution in [2.75, 3.05) is 0 Å². The van der Waals surface area contributed by atoms with Gasteiger partial charge in [-0.2, -0.15) is 0 Å². The molecule has 4 rings (SSSR count). The molecule has 2 aromatic heterocycles. The van der Waals surface area contributed by atoms with Gasteiger partial charge in [0.1, 0.15) is 5.75 Å². The number of ether oxygens (including phenoxy) is 1. The molecule has 0 aliphatic rings. The molecule has 0 radical (unpaired) electrons. The van der Waals surface area contributed by atoms with Gasteiger partial charge < -0.3 is 4.74 Å². The normalized spacial score (nSPS) is 10.7. The summed E-state index contributed by atoms with van der Waals surface area (Å²) in [4.78, 5) is 16.3. The molecule has 0 aliphatic carbocycles. The second-order valence-corrected chi connectivity index (χ2v) is 6.22. The van der Waals surface area contributed by atoms with Crippen molar-refractivity contribution < 1.29 is 9.53 Å². The number of pyridine rings is 1. The van der Waals surface area contributed by atoms with Crippen molar-refractivity contribution in [3.8, 4) is 16.9 Å². The molecule has 2 heterocycles. The van der Waals surface area contributed by atoms with Gasteiger partial charge in [0.15, 0.2) is 0 Å². The van der Waals surface area contributed by atoms with Gasteiger partial charge in [0.2, 0.25) is 0 Å². The first-order valence-electron chi connectivity index (χ1n) is 7.50. The smallest absolute Gasteiger partial charge is 0.343 e. The largest absolute Gasteiger partial charge is 0.423 e. The SMILES string of the molecule is O=C(Oc1ccc2c(-c3cccnc3)csc2c1)c1ccccc1. The fourth-order valence-electron chi connectivity index (χ4n) is 2.56. The van der Waals surface area contributed by atoms with Gasteiger partial charge in [0.25, 0.3) is 0 Å². The highest BCUT2D eigenvalue weighted by atomic mass is 32.1. The Kier molecular flexibility index (Phi) is 3.81. The molecule has 3 nitrogen and oxygen atoms in total. The van der Waals surface area contributed by atoms with Gasteiger partial charge in [-0.15, -0.1) is 11.3 Å². The first kappa shape index (κ1) is 14.6. The van der Waals surface area contributed by atoms with Crippen LogP contribution in [0.3, 0.4) is 0 Å². The lowest BCUT2D eigenvalue weighted by Crippen LogP contribution is -2.07. The molecule has 4 aromatic rings. The summed E-state index contributed by atoms with van der Waals surface area (Å²) in [5.41, 5.74) is 2.77. The zero-order valence-corrected chi connectivity index (χ0v) is 13.5. The standard InChI is InChI=1S/C20H13NO2S/c22-20(14-5-2-1-3-6-14)23-16-8-9-17-18(13-24-19(17)11-16)15-7-4-10-21-12-15/h1-13H. The van der Waals surface area contributed by atoms with E-state index < -0.39 is 0 Å². The number of carbonyl (C=O) groups is 1. The number of benzene rings is 2. The Morgan fingerprint density at radius 3 is 2.67 bits per heavy atom. The number of fused-ring (bicyclic) bond motifs is 1. The topological polar surface area (TPSA) is 39.2 Å². The van der Waals surface area contributed by atoms with E-state index in [1.165, 1.54) is 0 Å². The molecule has 0 fully saturated rings. The predicted octanol–water partition coefficient (Wildman–Crippen LogP) is 5.18. The molecule has 0 aliphatic heterocycles. The van der Waals surface area contributed by atoms with E-state index >= 15 is 0 Å². The highest BCUT2D eigenvalue weighted by Crippen LogP contribution is 2.35. The summed E-state index contributed by atoms with van der Waals surface area (Å²) in [7, 11) is 0. The van der Waals surface area contributed by atoms with Gasteiger partial charge in [-0.05, 0) is 41.8 Å². The molecule has 0 atom stereocenters. The average Bonchev–Trinajstić information content (AvgIpc) is 3.06. The van der Waals surface area contributed by atoms with Crippen molar-refractivity contribution in [1.29, 1.82) is 0 Å². The summed E-state index contributed by atoms with van der Waals surface area (Å²) < 4.78 is 6.56. The van der Waals surface area contributed by atoms with Gasteiger partial charge in [-0.1, -0.05) is 24.3 Å². The van der Waals surface area contributed by atoms with Crippen LogP contribution < -0.4 is 4.74 Å². The Labute approximate surface area is 143 Å². The van der Waals surface area contributed by atoms with Crippen LogP contribution >= 0.6 is 11.3 Å². The maximum absolute atomic E-state index is 12.1. The number of hydrogen-bond donors (Lipinski definition) is 0. The van der Waals surface area contributed by atoms with E-state index in [0.717, 1.165) is 21.2 Å². The molecule has 0 N–H and O–H groups in total. The molecule has 4 heteroatoms. The molecule has 0 saturated carbocycles. The minimum absolute atomic E-state index is 0.348. The Morgan fingerprint density at radius 2 is 1.88 bits per heavy atom. The average molecular weight is 331 g/mol. The minimum Gasteiger partial charge on any atom is -0.423 e. The van der Waals surface area contributed by atoms with E-state index in [1.807, 2.05) is 54.7 Å². The summed E-state index contributed by atoms with van der Waals surface area (Å²) in [6, 6.07) is 18.7. The Bertz CT molecular complexity index is 994. The van der Waals surface area contributed by atoms with Gasteiger partial charge in [-0.25, -0.2) is 4.79 Å². The third kappa shape index (κ3) is 2.79. The van der Waals surface area contributed by atoms with Crippen LogP contribution in [0.5, 0.6) is 5.75 Å². The summed E-state index contributed by atoms with van der Waals surface area (Å²) >= 11 is 1.63. The van der Waals surface area contributed by atoms with Crippen molar-refractivity contribution in [2.24, 2.45) is 0 Å². The number of carbonyl (C=O) groups excluding carboxylic acids is 1. The van der Waals surface area contributed by atoms with Crippen LogP contribution in [-0.2, 0) is 0 Å². The fourth-order valence-corrected chi connectivity index (χ4v) is 3.55. The third-order valence-electron chi connectivity index (χ3n) is 3.74. The van der Waals surface area contributed by atoms with E-state index in [0.29, 0.717) is 11.3 Å². The molecule has 0 spiro atoms. The van der Waals surface area contributed by atoms with E-state index in [-0.39, 0.29) is 5.97 Å². The number of aromatic nitrogens is 1. The molecular formula is C20H13NO2S. The van der Waals surface area contributed by atoms with E-state index in [2.05, 4.69) is 10.4 Å². The Morgan fingerprint density at radius 1 is 1.00 bits per heavy atom. The van der Waals surface area contributed by atoms with Crippen LogP contribution in [0, 0.1) is 0 Å². The molecule has 0 amide bonds. The molecule has 0 bridgehead atoms. The molecular weight excluding hydrogens is 318 g/mol. The van der Waals surface area contributed by atoms with Crippen molar-refractivity contribution in [2.45, 2.75) is 0 Å². The third-order valence-corrected chi connectivity index (χ3v) is 4.68. The lowest BCUT2D eigenvalue weighted by molar-refractivity contribution is 0.0735. The zero-order valence-electron chi connectivity index (χ0n) is 12.7. The fraction of sp³-hybridized carbons (Fsp3) is 0. The number of nitrogens with zero attached hydrogens (tertiary/aromatic N) is 1. The van der Waals surface area contributed by atoms with Crippen LogP contribution in [0.4, 0.5) is 0 Å². The highest BCUT2D eigenvalue weighted by molar-refractivity contribution is 7.17. The number of esters is 1. The van der Waals surface area contributed by atoms with Gasteiger partial charge in [-0.3, -0.25) is 4.98 Å². The molecule has 24 heavy (non-hydrogen) atoms. The maximum atomic E-state index is 12.1. The van der Waals surface area contributed by atoms with Crippen LogP contribution in [0.2, 0.25) is 0 Å². The zero-order chi connectivity index (χ0) is 16.4. The second-order valence-electron chi connectivity index (χ2n) is 5.30. The molecule has 116 valence electrons. The Balaban J connectivity index is 1.64. The van der Waals surface area contributed by atoms with Gasteiger partial charge in [0.05, 0.1) is 5.56 Å². The van der Waals surface area contributed by atoms with Crippen LogP contribution in [0.15, 0.2) is 78.4 Å². The van der Waals surface area contributed by atoms with Crippen LogP contribution in [0.1, 0.15) is 10.4 Å². The molecule has 0 unspecified atom stereocenters. The van der Waals surface area contributed by atoms with Crippen LogP contribution in [0.25, 0.3) is 21.2 Å². The monoisotopic (exact) mass is 331 g/mol. The quantitative estimate of drug-likeness (QED) is 0.383. The first-order chi connectivity index (χ1) is 11.8. The van der Waals surface area contributed by atoms with Gasteiger partial charge in [0, 0.05) is 33.6 Å². The van der Waals surface area contributed by atoms with Crippen molar-refractivity contribution in [3.63, 3.8) is 0 Å². The Hall–Kier alpha value is -2.98. The van der Waals surface area contributed by atoms with Crippen molar-refractivity contribution in [3.05, 3.63) is 84.0 Å². The summed E-state index contributed by atoms with van der Waals surface area (Å²) in [5.74, 6) is 0.204. The number of hydrogen-bond acceptors (Lipinski definition) is 4. The number of thiophene rings is 1. The summed E-state index contributed by atoms with van der Waals surface area (Å²) in [6.45, 7) is 0.